The summed E-state index contributed by atoms with van der Waals surface area (Å²) in [7, 11) is 0. The maximum atomic E-state index is 13.9. The first-order valence-electron chi connectivity index (χ1n) is 10.7. The van der Waals surface area contributed by atoms with Crippen molar-refractivity contribution in [2.45, 2.75) is 24.6 Å². The molecule has 158 valence electrons. The van der Waals surface area contributed by atoms with Gasteiger partial charge in [0.2, 0.25) is 0 Å². The average Bonchev–Trinajstić information content (AvgIpc) is 3.17. The van der Waals surface area contributed by atoms with Crippen LogP contribution in [0, 0.1) is 0 Å². The molecule has 2 aliphatic heterocycles. The molecule has 0 N–H and O–H groups in total. The van der Waals surface area contributed by atoms with Gasteiger partial charge in [0.15, 0.2) is 5.60 Å². The van der Waals surface area contributed by atoms with Crippen molar-refractivity contribution in [3.05, 3.63) is 96.1 Å². The Kier molecular flexibility index (Phi) is 5.49. The lowest BCUT2D eigenvalue weighted by molar-refractivity contribution is -0.173. The number of aromatic nitrogens is 2. The number of likely N-dealkylation sites (tertiary alicyclic amines) is 1. The van der Waals surface area contributed by atoms with Gasteiger partial charge in [-0.25, -0.2) is 0 Å². The molecule has 2 saturated heterocycles. The summed E-state index contributed by atoms with van der Waals surface area (Å²) in [5.74, 6) is 0.0165. The zero-order valence-electron chi connectivity index (χ0n) is 17.4. The Balaban J connectivity index is 1.45. The van der Waals surface area contributed by atoms with Gasteiger partial charge < -0.3 is 9.64 Å². The van der Waals surface area contributed by atoms with Gasteiger partial charge in [0.25, 0.3) is 5.91 Å². The van der Waals surface area contributed by atoms with Crippen molar-refractivity contribution in [3.63, 3.8) is 0 Å². The maximum absolute atomic E-state index is 13.9. The van der Waals surface area contributed by atoms with Crippen molar-refractivity contribution in [2.24, 2.45) is 0 Å². The molecular formula is C25H26N4O2. The number of nitrogens with zero attached hydrogens (tertiary/aromatic N) is 4. The molecule has 2 aromatic heterocycles. The topological polar surface area (TPSA) is 58.6 Å². The number of rotatable bonds is 5. The third-order valence-electron chi connectivity index (χ3n) is 6.29. The van der Waals surface area contributed by atoms with Gasteiger partial charge in [0.05, 0.1) is 6.61 Å². The molecule has 1 spiro atoms. The molecule has 31 heavy (non-hydrogen) atoms. The number of carbonyl (C=O) groups excluding carboxylic acids is 1. The molecule has 0 aliphatic carbocycles. The van der Waals surface area contributed by atoms with Crippen LogP contribution in [-0.2, 0) is 22.6 Å². The van der Waals surface area contributed by atoms with Crippen LogP contribution in [-0.4, -0.2) is 57.5 Å². The van der Waals surface area contributed by atoms with E-state index >= 15 is 0 Å². The second kappa shape index (κ2) is 8.57. The Bertz CT molecular complexity index is 1020. The number of hydrogen-bond donors (Lipinski definition) is 0. The second-order valence-corrected chi connectivity index (χ2v) is 8.31. The second-order valence-electron chi connectivity index (χ2n) is 8.31. The van der Waals surface area contributed by atoms with Gasteiger partial charge in [-0.15, -0.1) is 0 Å². The van der Waals surface area contributed by atoms with E-state index < -0.39 is 5.60 Å². The van der Waals surface area contributed by atoms with Crippen LogP contribution in [0.5, 0.6) is 0 Å². The minimum absolute atomic E-state index is 0.0610. The SMILES string of the molecule is O=C1N(Cc2ccccc2)CCO[C@@]12CN(Cc1ccncc1)C[C@H]2c1cccnc1. The van der Waals surface area contributed by atoms with Crippen molar-refractivity contribution in [3.8, 4) is 0 Å². The standard InChI is InChI=1S/C25H26N4O2/c30-24-25(31-14-13-29(24)17-20-5-2-1-3-6-20)19-28(16-21-8-11-26-12-9-21)18-23(25)22-7-4-10-27-15-22/h1-12,15,23H,13-14,16-19H2/t23-,25+/m0/s1. The van der Waals surface area contributed by atoms with E-state index in [1.165, 1.54) is 5.56 Å². The maximum Gasteiger partial charge on any atom is 0.257 e. The Morgan fingerprint density at radius 1 is 0.935 bits per heavy atom. The summed E-state index contributed by atoms with van der Waals surface area (Å²) in [6, 6.07) is 18.2. The molecule has 1 aromatic carbocycles. The number of ether oxygens (including phenoxy) is 1. The van der Waals surface area contributed by atoms with Gasteiger partial charge in [-0.05, 0) is 34.9 Å². The van der Waals surface area contributed by atoms with Crippen LogP contribution in [0.3, 0.4) is 0 Å². The Morgan fingerprint density at radius 3 is 2.52 bits per heavy atom. The first kappa shape index (κ1) is 19.8. The van der Waals surface area contributed by atoms with Crippen LogP contribution in [0.15, 0.2) is 79.4 Å². The minimum atomic E-state index is -0.886. The van der Waals surface area contributed by atoms with E-state index in [4.69, 9.17) is 4.74 Å². The average molecular weight is 415 g/mol. The molecule has 6 heteroatoms. The lowest BCUT2D eigenvalue weighted by atomic mass is 9.83. The molecule has 3 aromatic rings. The number of morpholine rings is 1. The summed E-state index contributed by atoms with van der Waals surface area (Å²) in [5, 5.41) is 0. The van der Waals surface area contributed by atoms with E-state index in [0.29, 0.717) is 26.2 Å². The molecule has 5 rings (SSSR count). The Morgan fingerprint density at radius 2 is 1.74 bits per heavy atom. The van der Waals surface area contributed by atoms with Crippen LogP contribution < -0.4 is 0 Å². The highest BCUT2D eigenvalue weighted by molar-refractivity contribution is 5.88. The van der Waals surface area contributed by atoms with Crippen molar-refractivity contribution >= 4 is 5.91 Å². The fourth-order valence-corrected chi connectivity index (χ4v) is 4.82. The zero-order chi connectivity index (χ0) is 21.1. The number of hydrogen-bond acceptors (Lipinski definition) is 5. The van der Waals surface area contributed by atoms with E-state index in [2.05, 4.69) is 33.1 Å². The number of pyridine rings is 2. The van der Waals surface area contributed by atoms with Crippen molar-refractivity contribution in [1.29, 1.82) is 0 Å². The molecule has 6 nitrogen and oxygen atoms in total. The highest BCUT2D eigenvalue weighted by Crippen LogP contribution is 2.42. The van der Waals surface area contributed by atoms with E-state index in [-0.39, 0.29) is 11.8 Å². The molecule has 0 bridgehead atoms. The number of amides is 1. The van der Waals surface area contributed by atoms with Crippen molar-refractivity contribution in [1.82, 2.24) is 19.8 Å². The molecule has 2 fully saturated rings. The van der Waals surface area contributed by atoms with E-state index in [9.17, 15) is 4.79 Å². The molecule has 0 saturated carbocycles. The molecule has 0 unspecified atom stereocenters. The Labute approximate surface area is 182 Å². The van der Waals surface area contributed by atoms with E-state index in [0.717, 1.165) is 24.2 Å². The highest BCUT2D eigenvalue weighted by Gasteiger charge is 2.56. The molecule has 4 heterocycles. The van der Waals surface area contributed by atoms with Crippen LogP contribution in [0.2, 0.25) is 0 Å². The van der Waals surface area contributed by atoms with Crippen molar-refractivity contribution in [2.75, 3.05) is 26.2 Å². The normalized spacial score (nSPS) is 24.1. The van der Waals surface area contributed by atoms with Gasteiger partial charge in [-0.2, -0.15) is 0 Å². The third kappa shape index (κ3) is 3.96. The third-order valence-corrected chi connectivity index (χ3v) is 6.29. The predicted octanol–water partition coefficient (Wildman–Crippen LogP) is 2.87. The molecule has 0 radical (unpaired) electrons. The van der Waals surface area contributed by atoms with Gasteiger partial charge >= 0.3 is 0 Å². The highest BCUT2D eigenvalue weighted by atomic mass is 16.5. The first-order chi connectivity index (χ1) is 15.2. The summed E-state index contributed by atoms with van der Waals surface area (Å²) in [6.45, 7) is 3.83. The summed E-state index contributed by atoms with van der Waals surface area (Å²) < 4.78 is 6.37. The lowest BCUT2D eigenvalue weighted by Crippen LogP contribution is -2.59. The fraction of sp³-hybridized carbons (Fsp3) is 0.320. The lowest BCUT2D eigenvalue weighted by Gasteiger charge is -2.42. The van der Waals surface area contributed by atoms with E-state index in [1.807, 2.05) is 59.9 Å². The van der Waals surface area contributed by atoms with Gasteiger partial charge in [0, 0.05) is 63.4 Å². The van der Waals surface area contributed by atoms with Crippen LogP contribution in [0.1, 0.15) is 22.6 Å². The van der Waals surface area contributed by atoms with Gasteiger partial charge in [-0.3, -0.25) is 19.7 Å². The fourth-order valence-electron chi connectivity index (χ4n) is 4.82. The summed E-state index contributed by atoms with van der Waals surface area (Å²) in [6.07, 6.45) is 7.26. The van der Waals surface area contributed by atoms with Gasteiger partial charge in [-0.1, -0.05) is 36.4 Å². The molecule has 1 amide bonds. The minimum Gasteiger partial charge on any atom is -0.361 e. The quantitative estimate of drug-likeness (QED) is 0.643. The number of benzene rings is 1. The molecule has 2 aliphatic rings. The monoisotopic (exact) mass is 414 g/mol. The van der Waals surface area contributed by atoms with Gasteiger partial charge in [0.1, 0.15) is 0 Å². The predicted molar refractivity (Wildman–Crippen MR) is 117 cm³/mol. The molecule has 2 atom stereocenters. The zero-order valence-corrected chi connectivity index (χ0v) is 17.4. The van der Waals surface area contributed by atoms with Crippen LogP contribution >= 0.6 is 0 Å². The Hall–Kier alpha value is -3.09. The molecular weight excluding hydrogens is 388 g/mol. The van der Waals surface area contributed by atoms with E-state index in [1.54, 1.807) is 6.20 Å². The summed E-state index contributed by atoms with van der Waals surface area (Å²) in [5.41, 5.74) is 2.48. The smallest absolute Gasteiger partial charge is 0.257 e. The largest absolute Gasteiger partial charge is 0.361 e. The summed E-state index contributed by atoms with van der Waals surface area (Å²) >= 11 is 0. The van der Waals surface area contributed by atoms with Crippen LogP contribution in [0.25, 0.3) is 0 Å². The van der Waals surface area contributed by atoms with Crippen LogP contribution in [0.4, 0.5) is 0 Å². The van der Waals surface area contributed by atoms with Crippen molar-refractivity contribution < 1.29 is 9.53 Å². The first-order valence-corrected chi connectivity index (χ1v) is 10.7. The summed E-state index contributed by atoms with van der Waals surface area (Å²) in [4.78, 5) is 26.6. The number of carbonyl (C=O) groups is 1.